The Morgan fingerprint density at radius 2 is 1.78 bits per heavy atom. The van der Waals surface area contributed by atoms with E-state index in [0.717, 1.165) is 24.3 Å². The second kappa shape index (κ2) is 13.7. The first kappa shape index (κ1) is 34.5. The molecule has 4 fully saturated rings. The average molecular weight is 653 g/mol. The van der Waals surface area contributed by atoms with Crippen LogP contribution in [-0.4, -0.2) is 45.9 Å². The number of nitrogens with one attached hydrogen (secondary N) is 1. The summed E-state index contributed by atoms with van der Waals surface area (Å²) in [6.45, 7) is 18.0. The molecule has 3 heterocycles. The number of piperidine rings is 3. The highest BCUT2D eigenvalue weighted by Crippen LogP contribution is 2.58. The van der Waals surface area contributed by atoms with Crippen LogP contribution in [0.25, 0.3) is 0 Å². The lowest BCUT2D eigenvalue weighted by atomic mass is 9.50. The fraction of sp³-hybridized carbons (Fsp3) is 0.658. The molecule has 2 aromatic rings. The van der Waals surface area contributed by atoms with Gasteiger partial charge in [-0.1, -0.05) is 76.4 Å². The summed E-state index contributed by atoms with van der Waals surface area (Å²) >= 11 is 6.65. The maximum atomic E-state index is 13.0. The van der Waals surface area contributed by atoms with Gasteiger partial charge in [-0.2, -0.15) is 0 Å². The van der Waals surface area contributed by atoms with Crippen molar-refractivity contribution in [2.45, 2.75) is 122 Å². The predicted octanol–water partition coefficient (Wildman–Crippen LogP) is 9.77. The van der Waals surface area contributed by atoms with Gasteiger partial charge in [-0.05, 0) is 117 Å². The van der Waals surface area contributed by atoms with Gasteiger partial charge in [-0.15, -0.1) is 0 Å². The van der Waals surface area contributed by atoms with E-state index in [2.05, 4.69) is 75.3 Å². The third-order valence-electron chi connectivity index (χ3n) is 12.2. The van der Waals surface area contributed by atoms with Crippen molar-refractivity contribution in [3.05, 3.63) is 58.1 Å². The van der Waals surface area contributed by atoms with Crippen LogP contribution in [-0.2, 0) is 27.7 Å². The molecular weight excluding hydrogens is 596 g/mol. The number of rotatable bonds is 11. The average Bonchev–Trinajstić information content (AvgIpc) is 3.01. The molecule has 5 nitrogen and oxygen atoms in total. The van der Waals surface area contributed by atoms with Crippen molar-refractivity contribution < 1.29 is 14.0 Å². The number of methoxy groups -OCH3 is 1. The molecule has 2 aromatic carbocycles. The summed E-state index contributed by atoms with van der Waals surface area (Å²) in [6.07, 6.45) is 11.6. The van der Waals surface area contributed by atoms with Crippen LogP contribution in [0.3, 0.4) is 0 Å². The van der Waals surface area contributed by atoms with Crippen molar-refractivity contribution in [1.82, 2.24) is 4.90 Å². The number of fused-ring (bicyclic) bond motifs is 3. The van der Waals surface area contributed by atoms with Gasteiger partial charge in [0.2, 0.25) is 5.91 Å². The molecule has 0 aromatic heterocycles. The van der Waals surface area contributed by atoms with Crippen LogP contribution < -0.4 is 10.1 Å². The first-order valence-electron chi connectivity index (χ1n) is 17.4. The van der Waals surface area contributed by atoms with Gasteiger partial charge in [0, 0.05) is 18.1 Å². The maximum absolute atomic E-state index is 13.0. The lowest BCUT2D eigenvalue weighted by Gasteiger charge is -2.59. The second-order valence-electron chi connectivity index (χ2n) is 16.0. The van der Waals surface area contributed by atoms with Gasteiger partial charge in [-0.25, -0.2) is 0 Å². The lowest BCUT2D eigenvalue weighted by molar-refractivity contribution is -0.116. The Labute approximate surface area is 278 Å². The van der Waals surface area contributed by atoms with Crippen molar-refractivity contribution in [2.75, 3.05) is 32.1 Å². The van der Waals surface area contributed by atoms with E-state index in [9.17, 15) is 4.79 Å². The van der Waals surface area contributed by atoms with Gasteiger partial charge in [0.05, 0.1) is 24.4 Å². The smallest absolute Gasteiger partial charge is 0.224 e. The highest BCUT2D eigenvalue weighted by molar-refractivity contribution is 6.74. The second-order valence-corrected chi connectivity index (χ2v) is 21.2. The third kappa shape index (κ3) is 7.50. The molecule has 45 heavy (non-hydrogen) atoms. The topological polar surface area (TPSA) is 50.8 Å². The van der Waals surface area contributed by atoms with Crippen molar-refractivity contribution in [1.29, 1.82) is 0 Å². The lowest BCUT2D eigenvalue weighted by Crippen LogP contribution is -2.56. The molecule has 248 valence electrons. The van der Waals surface area contributed by atoms with E-state index in [1.807, 2.05) is 12.1 Å². The first-order chi connectivity index (χ1) is 21.3. The fourth-order valence-corrected chi connectivity index (χ4v) is 9.44. The number of nitrogens with zero attached hydrogens (tertiary/aromatic N) is 1. The third-order valence-corrected chi connectivity index (χ3v) is 17.0. The number of benzene rings is 2. The van der Waals surface area contributed by atoms with Crippen molar-refractivity contribution in [2.24, 2.45) is 11.3 Å². The summed E-state index contributed by atoms with van der Waals surface area (Å²) in [4.78, 5) is 15.7. The van der Waals surface area contributed by atoms with E-state index in [4.69, 9.17) is 20.8 Å². The predicted molar refractivity (Wildman–Crippen MR) is 190 cm³/mol. The zero-order valence-electron chi connectivity index (χ0n) is 29.0. The van der Waals surface area contributed by atoms with Gasteiger partial charge >= 0.3 is 0 Å². The van der Waals surface area contributed by atoms with Crippen LogP contribution in [0.1, 0.15) is 102 Å². The van der Waals surface area contributed by atoms with E-state index in [1.165, 1.54) is 75.7 Å². The Kier molecular flexibility index (Phi) is 10.5. The van der Waals surface area contributed by atoms with E-state index >= 15 is 0 Å². The number of hydrogen-bond acceptors (Lipinski definition) is 4. The monoisotopic (exact) mass is 652 g/mol. The van der Waals surface area contributed by atoms with E-state index < -0.39 is 8.32 Å². The summed E-state index contributed by atoms with van der Waals surface area (Å²) in [7, 11) is -0.282. The first-order valence-corrected chi connectivity index (χ1v) is 20.7. The molecule has 3 aliphatic heterocycles. The van der Waals surface area contributed by atoms with Crippen LogP contribution in [0.15, 0.2) is 36.4 Å². The van der Waals surface area contributed by atoms with Crippen molar-refractivity contribution in [3.8, 4) is 5.75 Å². The number of ether oxygens (including phenoxy) is 1. The van der Waals surface area contributed by atoms with E-state index in [0.29, 0.717) is 34.9 Å². The Balaban J connectivity index is 1.19. The highest BCUT2D eigenvalue weighted by Gasteiger charge is 2.52. The summed E-state index contributed by atoms with van der Waals surface area (Å²) < 4.78 is 12.1. The van der Waals surface area contributed by atoms with Crippen LogP contribution in [0.2, 0.25) is 23.2 Å². The molecule has 1 aliphatic carbocycles. The number of hydrogen-bond donors (Lipinski definition) is 1. The molecular formula is C38H57ClN2O3Si. The molecule has 2 unspecified atom stereocenters. The zero-order valence-corrected chi connectivity index (χ0v) is 30.7. The van der Waals surface area contributed by atoms with Crippen molar-refractivity contribution >= 4 is 31.5 Å². The van der Waals surface area contributed by atoms with Crippen LogP contribution >= 0.6 is 11.6 Å². The Morgan fingerprint density at radius 3 is 2.44 bits per heavy atom. The Morgan fingerprint density at radius 1 is 1.07 bits per heavy atom. The number of carbonyl (C=O) groups is 1. The summed E-state index contributed by atoms with van der Waals surface area (Å²) in [5, 5.41) is 3.65. The van der Waals surface area contributed by atoms with E-state index in [-0.39, 0.29) is 16.4 Å². The van der Waals surface area contributed by atoms with Crippen LogP contribution in [0.4, 0.5) is 5.69 Å². The SMILES string of the molecule is COc1cc(NC(=O)CCCc2cccc(C3(C)CCCCC3C34CCN(CC3)CC4)c2)c(Cl)cc1CO[Si](C)(C)C(C)(C)C. The molecule has 4 aliphatic rings. The minimum atomic E-state index is -1.93. The molecule has 3 saturated heterocycles. The molecule has 2 atom stereocenters. The summed E-state index contributed by atoms with van der Waals surface area (Å²) in [5.41, 5.74) is 5.11. The molecule has 2 bridgehead atoms. The van der Waals surface area contributed by atoms with Gasteiger partial charge in [0.1, 0.15) is 5.75 Å². The molecule has 1 N–H and O–H groups in total. The molecule has 6 rings (SSSR count). The summed E-state index contributed by atoms with van der Waals surface area (Å²) in [5.74, 6) is 1.43. The highest BCUT2D eigenvalue weighted by atomic mass is 35.5. The minimum Gasteiger partial charge on any atom is -0.496 e. The number of aryl methyl sites for hydroxylation is 1. The number of halogens is 1. The largest absolute Gasteiger partial charge is 0.496 e. The number of carbonyl (C=O) groups excluding carboxylic acids is 1. The molecule has 1 saturated carbocycles. The Bertz CT molecular complexity index is 1330. The minimum absolute atomic E-state index is 0.0255. The molecule has 0 radical (unpaired) electrons. The van der Waals surface area contributed by atoms with Gasteiger partial charge in [0.15, 0.2) is 8.32 Å². The van der Waals surface area contributed by atoms with Crippen molar-refractivity contribution in [3.63, 3.8) is 0 Å². The standard InChI is InChI=1S/C38H57ClN2O3Si/c1-36(2,3)45(6,7)44-27-29-25-31(39)32(26-33(29)43-5)40-35(42)16-11-13-28-12-10-14-30(24-28)37(4)17-9-8-15-34(37)38-18-21-41(22-19-38)23-20-38/h10,12,14,24-26,34H,8-9,11,13,15-23,27H2,1-7H3,(H,40,42). The van der Waals surface area contributed by atoms with Crippen LogP contribution in [0, 0.1) is 11.3 Å². The number of anilines is 1. The van der Waals surface area contributed by atoms with Gasteiger partial charge < -0.3 is 19.4 Å². The molecule has 7 heteroatoms. The quantitative estimate of drug-likeness (QED) is 0.246. The molecule has 0 spiro atoms. The van der Waals surface area contributed by atoms with Crippen LogP contribution in [0.5, 0.6) is 5.75 Å². The maximum Gasteiger partial charge on any atom is 0.224 e. The Hall–Kier alpha value is -1.86. The number of amides is 1. The zero-order chi connectivity index (χ0) is 32.5. The normalized spacial score (nSPS) is 26.9. The van der Waals surface area contributed by atoms with E-state index in [1.54, 1.807) is 7.11 Å². The van der Waals surface area contributed by atoms with Gasteiger partial charge in [-0.3, -0.25) is 4.79 Å². The summed E-state index contributed by atoms with van der Waals surface area (Å²) in [6, 6.07) is 13.0. The van der Waals surface area contributed by atoms with Gasteiger partial charge in [0.25, 0.3) is 0 Å². The molecule has 1 amide bonds. The fourth-order valence-electron chi connectivity index (χ4n) is 8.25.